The summed E-state index contributed by atoms with van der Waals surface area (Å²) in [4.78, 5) is 11.2. The highest BCUT2D eigenvalue weighted by molar-refractivity contribution is 5.56. The molecule has 4 heterocycles. The van der Waals surface area contributed by atoms with Crippen LogP contribution >= 0.6 is 0 Å². The first kappa shape index (κ1) is 25.0. The molecule has 0 bridgehead atoms. The largest absolute Gasteiger partial charge is 0.381 e. The summed E-state index contributed by atoms with van der Waals surface area (Å²) in [6.45, 7) is 9.73. The summed E-state index contributed by atoms with van der Waals surface area (Å²) in [6, 6.07) is 10.2. The molecule has 5 rings (SSSR count). The van der Waals surface area contributed by atoms with Gasteiger partial charge >= 0.3 is 0 Å². The molecule has 0 saturated carbocycles. The first-order valence-corrected chi connectivity index (χ1v) is 12.8. The van der Waals surface area contributed by atoms with E-state index in [0.29, 0.717) is 23.2 Å². The molecular formula is C28H36N4O4. The summed E-state index contributed by atoms with van der Waals surface area (Å²) in [7, 11) is 2.07. The fraction of sp³-hybridized carbons (Fsp3) is 0.536. The van der Waals surface area contributed by atoms with Crippen molar-refractivity contribution in [2.75, 3.05) is 33.4 Å². The molecule has 3 aromatic rings. The fourth-order valence-electron chi connectivity index (χ4n) is 5.57. The van der Waals surface area contributed by atoms with E-state index in [9.17, 15) is 5.11 Å². The molecule has 8 heteroatoms. The molecule has 0 amide bonds. The maximum atomic E-state index is 12.4. The zero-order valence-electron chi connectivity index (χ0n) is 21.6. The quantitative estimate of drug-likeness (QED) is 0.502. The van der Waals surface area contributed by atoms with E-state index in [4.69, 9.17) is 14.0 Å². The van der Waals surface area contributed by atoms with Crippen molar-refractivity contribution < 1.29 is 19.1 Å². The Morgan fingerprint density at radius 2 is 1.86 bits per heavy atom. The lowest BCUT2D eigenvalue weighted by Gasteiger charge is -2.55. The van der Waals surface area contributed by atoms with Gasteiger partial charge < -0.3 is 24.0 Å². The Kier molecular flexibility index (Phi) is 6.96. The molecule has 2 saturated heterocycles. The van der Waals surface area contributed by atoms with Gasteiger partial charge in [-0.25, -0.2) is 0 Å². The van der Waals surface area contributed by atoms with Crippen LogP contribution in [0.3, 0.4) is 0 Å². The highest BCUT2D eigenvalue weighted by Gasteiger charge is 2.55. The van der Waals surface area contributed by atoms with Crippen LogP contribution in [0.2, 0.25) is 0 Å². The van der Waals surface area contributed by atoms with Gasteiger partial charge in [0.25, 0.3) is 5.89 Å². The van der Waals surface area contributed by atoms with E-state index in [1.165, 1.54) is 5.56 Å². The molecule has 36 heavy (non-hydrogen) atoms. The van der Waals surface area contributed by atoms with Gasteiger partial charge in [0.2, 0.25) is 5.82 Å². The number of nitrogens with zero attached hydrogens (tertiary/aromatic N) is 4. The van der Waals surface area contributed by atoms with E-state index in [1.807, 2.05) is 18.2 Å². The van der Waals surface area contributed by atoms with E-state index in [2.05, 4.69) is 60.0 Å². The first-order valence-electron chi connectivity index (χ1n) is 12.8. The molecule has 2 aliphatic rings. The minimum atomic E-state index is -1.23. The van der Waals surface area contributed by atoms with E-state index in [1.54, 1.807) is 12.4 Å². The molecular weight excluding hydrogens is 456 g/mol. The summed E-state index contributed by atoms with van der Waals surface area (Å²) in [5, 5.41) is 16.6. The van der Waals surface area contributed by atoms with Crippen molar-refractivity contribution in [2.45, 2.75) is 57.8 Å². The van der Waals surface area contributed by atoms with Crippen molar-refractivity contribution in [2.24, 2.45) is 5.41 Å². The summed E-state index contributed by atoms with van der Waals surface area (Å²) in [5.74, 6) is 1.28. The van der Waals surface area contributed by atoms with Crippen LogP contribution in [0.25, 0.3) is 11.4 Å². The highest BCUT2D eigenvalue weighted by Crippen LogP contribution is 2.50. The summed E-state index contributed by atoms with van der Waals surface area (Å²) in [6.07, 6.45) is 5.35. The number of aliphatic hydroxyl groups is 1. The second kappa shape index (κ2) is 10.0. The molecule has 1 atom stereocenters. The molecule has 2 fully saturated rings. The first-order chi connectivity index (χ1) is 17.3. The van der Waals surface area contributed by atoms with E-state index < -0.39 is 5.60 Å². The van der Waals surface area contributed by atoms with Gasteiger partial charge in [0.15, 0.2) is 0 Å². The number of aromatic nitrogens is 3. The molecule has 2 aromatic heterocycles. The van der Waals surface area contributed by atoms with Crippen molar-refractivity contribution in [1.29, 1.82) is 0 Å². The molecule has 1 unspecified atom stereocenters. The molecule has 192 valence electrons. The second-order valence-electron chi connectivity index (χ2n) is 10.8. The van der Waals surface area contributed by atoms with Crippen molar-refractivity contribution in [1.82, 2.24) is 20.0 Å². The predicted octanol–water partition coefficient (Wildman–Crippen LogP) is 4.14. The maximum absolute atomic E-state index is 12.4. The van der Waals surface area contributed by atoms with Gasteiger partial charge in [-0.15, -0.1) is 0 Å². The monoisotopic (exact) mass is 492 g/mol. The lowest BCUT2D eigenvalue weighted by molar-refractivity contribution is -0.127. The van der Waals surface area contributed by atoms with Crippen LogP contribution in [0.1, 0.15) is 62.1 Å². The molecule has 8 nitrogen and oxygen atoms in total. The number of ether oxygens (including phenoxy) is 2. The number of benzene rings is 1. The van der Waals surface area contributed by atoms with Crippen LogP contribution in [0, 0.1) is 5.41 Å². The number of hydrogen-bond donors (Lipinski definition) is 1. The number of hydrogen-bond acceptors (Lipinski definition) is 8. The molecule has 0 spiro atoms. The Hall–Kier alpha value is -2.65. The highest BCUT2D eigenvalue weighted by atomic mass is 16.5. The average molecular weight is 493 g/mol. The third-order valence-electron chi connectivity index (χ3n) is 7.60. The Morgan fingerprint density at radius 1 is 1.14 bits per heavy atom. The SMILES string of the molecule is CC(C)c1ccc(C(O)(c2cncc(-c3noc(COC4CCOCC4)n3)c2)C2(C)CN(C)C2)cc1. The van der Waals surface area contributed by atoms with Gasteiger partial charge in [0.05, 0.1) is 6.10 Å². The summed E-state index contributed by atoms with van der Waals surface area (Å²) < 4.78 is 16.8. The standard InChI is InChI=1S/C28H36N4O4/c1-19(2)20-5-7-22(8-6-20)28(33,27(3)17-32(4)18-27)23-13-21(14-29-15-23)26-30-25(36-31-26)16-35-24-9-11-34-12-10-24/h5-8,13-15,19,24,33H,9-12,16-18H2,1-4H3. The number of likely N-dealkylation sites (tertiary alicyclic amines) is 1. The van der Waals surface area contributed by atoms with Gasteiger partial charge in [-0.05, 0) is 43.0 Å². The van der Waals surface area contributed by atoms with Crippen LogP contribution in [0.15, 0.2) is 47.2 Å². The van der Waals surface area contributed by atoms with Gasteiger partial charge in [-0.1, -0.05) is 50.2 Å². The Labute approximate surface area is 212 Å². The second-order valence-corrected chi connectivity index (χ2v) is 10.8. The zero-order chi connectivity index (χ0) is 25.3. The zero-order valence-corrected chi connectivity index (χ0v) is 21.6. The van der Waals surface area contributed by atoms with Gasteiger partial charge in [-0.2, -0.15) is 4.98 Å². The number of pyridine rings is 1. The normalized spacial score (nSPS) is 20.3. The smallest absolute Gasteiger partial charge is 0.252 e. The van der Waals surface area contributed by atoms with E-state index in [0.717, 1.165) is 50.3 Å². The molecule has 2 aliphatic heterocycles. The minimum Gasteiger partial charge on any atom is -0.381 e. The van der Waals surface area contributed by atoms with Crippen LogP contribution in [-0.4, -0.2) is 64.6 Å². The Morgan fingerprint density at radius 3 is 2.53 bits per heavy atom. The number of rotatable bonds is 8. The predicted molar refractivity (Wildman–Crippen MR) is 135 cm³/mol. The Balaban J connectivity index is 1.43. The van der Waals surface area contributed by atoms with Gasteiger partial charge in [0, 0.05) is 55.2 Å². The lowest BCUT2D eigenvalue weighted by atomic mass is 9.62. The van der Waals surface area contributed by atoms with Crippen molar-refractivity contribution in [3.05, 3.63) is 65.3 Å². The Bertz CT molecular complexity index is 1170. The van der Waals surface area contributed by atoms with E-state index in [-0.39, 0.29) is 18.1 Å². The van der Waals surface area contributed by atoms with Crippen LogP contribution in [0.5, 0.6) is 0 Å². The summed E-state index contributed by atoms with van der Waals surface area (Å²) in [5.41, 5.74) is 1.92. The minimum absolute atomic E-state index is 0.150. The van der Waals surface area contributed by atoms with Crippen molar-refractivity contribution in [3.8, 4) is 11.4 Å². The topological polar surface area (TPSA) is 93.7 Å². The van der Waals surface area contributed by atoms with Gasteiger partial charge in [-0.3, -0.25) is 4.98 Å². The molecule has 0 radical (unpaired) electrons. The van der Waals surface area contributed by atoms with Crippen molar-refractivity contribution in [3.63, 3.8) is 0 Å². The fourth-order valence-corrected chi connectivity index (χ4v) is 5.57. The summed E-state index contributed by atoms with van der Waals surface area (Å²) >= 11 is 0. The molecule has 1 N–H and O–H groups in total. The third kappa shape index (κ3) is 4.70. The average Bonchev–Trinajstić information content (AvgIpc) is 3.36. The van der Waals surface area contributed by atoms with Crippen LogP contribution in [0.4, 0.5) is 0 Å². The van der Waals surface area contributed by atoms with Gasteiger partial charge in [0.1, 0.15) is 12.2 Å². The maximum Gasteiger partial charge on any atom is 0.252 e. The van der Waals surface area contributed by atoms with Crippen molar-refractivity contribution >= 4 is 0 Å². The molecule has 0 aliphatic carbocycles. The van der Waals surface area contributed by atoms with E-state index >= 15 is 0 Å². The van der Waals surface area contributed by atoms with Crippen LogP contribution in [-0.2, 0) is 21.7 Å². The third-order valence-corrected chi connectivity index (χ3v) is 7.60. The lowest BCUT2D eigenvalue weighted by Crippen LogP contribution is -2.63. The molecule has 1 aromatic carbocycles. The van der Waals surface area contributed by atoms with Crippen LogP contribution < -0.4 is 0 Å².